The highest BCUT2D eigenvalue weighted by molar-refractivity contribution is 9.10. The summed E-state index contributed by atoms with van der Waals surface area (Å²) in [7, 11) is 0. The van der Waals surface area contributed by atoms with Gasteiger partial charge in [-0.3, -0.25) is 0 Å². The van der Waals surface area contributed by atoms with Gasteiger partial charge < -0.3 is 9.47 Å². The molecule has 2 nitrogen and oxygen atoms in total. The zero-order valence-corrected chi connectivity index (χ0v) is 28.5. The maximum atomic E-state index is 6.90. The van der Waals surface area contributed by atoms with Crippen molar-refractivity contribution in [1.82, 2.24) is 4.57 Å². The van der Waals surface area contributed by atoms with Gasteiger partial charge in [0, 0.05) is 43.8 Å². The second kappa shape index (κ2) is 11.6. The smallest absolute Gasteiger partial charge is 0.0540 e. The fourth-order valence-electron chi connectivity index (χ4n) is 5.71. The number of anilines is 3. The van der Waals surface area contributed by atoms with Crippen molar-refractivity contribution in [3.8, 4) is 16.8 Å². The Morgan fingerprint density at radius 3 is 1.70 bits per heavy atom. The summed E-state index contributed by atoms with van der Waals surface area (Å²) in [6, 6.07) is 41.2. The molecule has 1 aromatic heterocycles. The molecule has 44 heavy (non-hydrogen) atoms. The third-order valence-electron chi connectivity index (χ3n) is 8.25. The minimum Gasteiger partial charge on any atom is -0.315 e. The minimum atomic E-state index is 0.0736. The highest BCUT2D eigenvalue weighted by Gasteiger charge is 2.20. The van der Waals surface area contributed by atoms with Crippen molar-refractivity contribution in [2.75, 3.05) is 4.90 Å². The van der Waals surface area contributed by atoms with Gasteiger partial charge in [0.15, 0.2) is 0 Å². The highest BCUT2D eigenvalue weighted by Crippen LogP contribution is 2.40. The van der Waals surface area contributed by atoms with Crippen LogP contribution in [0.4, 0.5) is 17.1 Å². The van der Waals surface area contributed by atoms with Crippen molar-refractivity contribution >= 4 is 55.5 Å². The van der Waals surface area contributed by atoms with Crippen LogP contribution in [0.15, 0.2) is 126 Å². The first kappa shape index (κ1) is 30.2. The molecular weight excluding hydrogens is 624 g/mol. The van der Waals surface area contributed by atoms with Gasteiger partial charge in [0.1, 0.15) is 0 Å². The van der Waals surface area contributed by atoms with Crippen molar-refractivity contribution in [1.29, 1.82) is 0 Å². The third-order valence-corrected chi connectivity index (χ3v) is 9.10. The van der Waals surface area contributed by atoms with E-state index in [0.717, 1.165) is 38.1 Å². The van der Waals surface area contributed by atoms with Crippen molar-refractivity contribution in [3.63, 3.8) is 0 Å². The molecule has 0 saturated heterocycles. The summed E-state index contributed by atoms with van der Waals surface area (Å²) in [5.41, 5.74) is 10.4. The van der Waals surface area contributed by atoms with Crippen LogP contribution in [-0.4, -0.2) is 4.57 Å². The number of rotatable bonds is 5. The molecule has 6 aromatic rings. The lowest BCUT2D eigenvalue weighted by atomic mass is 9.86. The van der Waals surface area contributed by atoms with Gasteiger partial charge in [0.05, 0.1) is 5.52 Å². The summed E-state index contributed by atoms with van der Waals surface area (Å²) in [6.07, 6.45) is 2.13. The lowest BCUT2D eigenvalue weighted by Crippen LogP contribution is -2.14. The van der Waals surface area contributed by atoms with Crippen molar-refractivity contribution in [2.45, 2.75) is 52.4 Å². The number of nitrogens with zero attached hydrogens (tertiary/aromatic N) is 2. The lowest BCUT2D eigenvalue weighted by molar-refractivity contribution is 0.590. The van der Waals surface area contributed by atoms with E-state index < -0.39 is 0 Å². The molecule has 0 saturated carbocycles. The van der Waals surface area contributed by atoms with Gasteiger partial charge in [-0.2, -0.15) is 0 Å². The molecule has 0 radical (unpaired) electrons. The van der Waals surface area contributed by atoms with E-state index in [2.05, 4.69) is 176 Å². The van der Waals surface area contributed by atoms with E-state index in [-0.39, 0.29) is 10.8 Å². The normalized spacial score (nSPS) is 12.1. The molecule has 5 aromatic carbocycles. The average Bonchev–Trinajstić information content (AvgIpc) is 3.33. The van der Waals surface area contributed by atoms with Gasteiger partial charge in [-0.1, -0.05) is 114 Å². The van der Waals surface area contributed by atoms with Crippen LogP contribution < -0.4 is 4.90 Å². The van der Waals surface area contributed by atoms with E-state index in [1.165, 1.54) is 22.3 Å². The van der Waals surface area contributed by atoms with E-state index in [1.807, 2.05) is 12.1 Å². The number of fused-ring (bicyclic) bond motifs is 1. The quantitative estimate of drug-likeness (QED) is 0.178. The molecule has 0 spiro atoms. The maximum absolute atomic E-state index is 6.90. The Balaban J connectivity index is 1.48. The van der Waals surface area contributed by atoms with Crippen LogP contribution >= 0.6 is 27.5 Å². The minimum absolute atomic E-state index is 0.0736. The zero-order valence-electron chi connectivity index (χ0n) is 26.2. The van der Waals surface area contributed by atoms with Crippen LogP contribution in [0.3, 0.4) is 0 Å². The molecule has 0 bridgehead atoms. The topological polar surface area (TPSA) is 8.17 Å². The van der Waals surface area contributed by atoms with Crippen LogP contribution in [-0.2, 0) is 10.8 Å². The Morgan fingerprint density at radius 1 is 0.591 bits per heavy atom. The van der Waals surface area contributed by atoms with Gasteiger partial charge >= 0.3 is 0 Å². The van der Waals surface area contributed by atoms with E-state index in [4.69, 9.17) is 11.6 Å². The van der Waals surface area contributed by atoms with E-state index in [0.29, 0.717) is 5.02 Å². The second-order valence-electron chi connectivity index (χ2n) is 13.5. The largest absolute Gasteiger partial charge is 0.315 e. The van der Waals surface area contributed by atoms with Gasteiger partial charge in [-0.05, 0) is 104 Å². The molecule has 0 unspecified atom stereocenters. The Kier molecular flexibility index (Phi) is 7.98. The molecule has 0 aliphatic rings. The lowest BCUT2D eigenvalue weighted by Gasteiger charge is -2.28. The van der Waals surface area contributed by atoms with Crippen molar-refractivity contribution in [2.24, 2.45) is 0 Å². The average molecular weight is 662 g/mol. The van der Waals surface area contributed by atoms with Crippen molar-refractivity contribution < 1.29 is 0 Å². The Labute approximate surface area is 275 Å². The molecule has 0 amide bonds. The first-order valence-electron chi connectivity index (χ1n) is 15.1. The fraction of sp³-hybridized carbons (Fsp3) is 0.200. The molecular formula is C40H38BrClN2. The zero-order chi connectivity index (χ0) is 31.2. The molecule has 0 fully saturated rings. The van der Waals surface area contributed by atoms with Gasteiger partial charge in [-0.15, -0.1) is 0 Å². The number of halogens is 2. The predicted molar refractivity (Wildman–Crippen MR) is 194 cm³/mol. The van der Waals surface area contributed by atoms with Crippen LogP contribution in [0, 0.1) is 0 Å². The monoisotopic (exact) mass is 660 g/mol. The summed E-state index contributed by atoms with van der Waals surface area (Å²) in [5.74, 6) is 0. The molecule has 222 valence electrons. The maximum Gasteiger partial charge on any atom is 0.0540 e. The number of benzene rings is 5. The molecule has 0 atom stereocenters. The van der Waals surface area contributed by atoms with Crippen LogP contribution in [0.25, 0.3) is 27.7 Å². The van der Waals surface area contributed by atoms with E-state index >= 15 is 0 Å². The van der Waals surface area contributed by atoms with Crippen LogP contribution in [0.2, 0.25) is 5.02 Å². The van der Waals surface area contributed by atoms with E-state index in [1.54, 1.807) is 0 Å². The van der Waals surface area contributed by atoms with Crippen LogP contribution in [0.5, 0.6) is 0 Å². The summed E-state index contributed by atoms with van der Waals surface area (Å²) in [5, 5.41) is 1.83. The summed E-state index contributed by atoms with van der Waals surface area (Å²) < 4.78 is 3.26. The Morgan fingerprint density at radius 2 is 1.16 bits per heavy atom. The van der Waals surface area contributed by atoms with Crippen molar-refractivity contribution in [3.05, 3.63) is 142 Å². The standard InChI is InChI=1S/C40H38BrClN2/c1-39(2,3)29-13-17-32(18-14-29)44(33-19-15-30(16-20-33)40(4,5)6)35-24-31(42)23-34(25-35)43-26-37(41)36-22-28(12-21-38(36)43)27-10-8-7-9-11-27/h7-26H,1-6H3. The molecule has 6 rings (SSSR count). The fourth-order valence-corrected chi connectivity index (χ4v) is 6.45. The predicted octanol–water partition coefficient (Wildman–Crippen LogP) is 12.8. The first-order valence-corrected chi connectivity index (χ1v) is 16.2. The first-order chi connectivity index (χ1) is 20.9. The number of aromatic nitrogens is 1. The number of hydrogen-bond acceptors (Lipinski definition) is 1. The third kappa shape index (κ3) is 6.09. The summed E-state index contributed by atoms with van der Waals surface area (Å²) in [4.78, 5) is 2.29. The van der Waals surface area contributed by atoms with E-state index in [9.17, 15) is 0 Å². The number of hydrogen-bond donors (Lipinski definition) is 0. The molecule has 0 aliphatic heterocycles. The Hall–Kier alpha value is -3.79. The van der Waals surface area contributed by atoms with Crippen LogP contribution in [0.1, 0.15) is 52.7 Å². The second-order valence-corrected chi connectivity index (χ2v) is 14.8. The molecule has 0 N–H and O–H groups in total. The SMILES string of the molecule is CC(C)(C)c1ccc(N(c2ccc(C(C)(C)C)cc2)c2cc(Cl)cc(-n3cc(Br)c4cc(-c5ccccc5)ccc43)c2)cc1. The summed E-state index contributed by atoms with van der Waals surface area (Å²) >= 11 is 10.7. The van der Waals surface area contributed by atoms with Gasteiger partial charge in [-0.25, -0.2) is 0 Å². The molecule has 1 heterocycles. The van der Waals surface area contributed by atoms with Gasteiger partial charge in [0.2, 0.25) is 0 Å². The molecule has 0 aliphatic carbocycles. The van der Waals surface area contributed by atoms with Gasteiger partial charge in [0.25, 0.3) is 0 Å². The Bertz CT molecular complexity index is 1870. The molecule has 4 heteroatoms. The highest BCUT2D eigenvalue weighted by atomic mass is 79.9. The summed E-state index contributed by atoms with van der Waals surface area (Å²) in [6.45, 7) is 13.5.